The monoisotopic (exact) mass is 185 g/mol. The van der Waals surface area contributed by atoms with Crippen molar-refractivity contribution in [2.45, 2.75) is 38.6 Å². The molecule has 0 saturated heterocycles. The van der Waals surface area contributed by atoms with Crippen LogP contribution in [0.15, 0.2) is 0 Å². The van der Waals surface area contributed by atoms with Gasteiger partial charge in [-0.1, -0.05) is 13.3 Å². The van der Waals surface area contributed by atoms with Crippen molar-refractivity contribution in [1.82, 2.24) is 5.32 Å². The van der Waals surface area contributed by atoms with Gasteiger partial charge in [0.2, 0.25) is 0 Å². The van der Waals surface area contributed by atoms with E-state index in [2.05, 4.69) is 5.32 Å². The number of carboxylic acid groups (broad SMARTS) is 1. The summed E-state index contributed by atoms with van der Waals surface area (Å²) in [6.07, 6.45) is 4.11. The van der Waals surface area contributed by atoms with Gasteiger partial charge in [-0.2, -0.15) is 0 Å². The first kappa shape index (κ1) is 10.5. The fourth-order valence-corrected chi connectivity index (χ4v) is 2.19. The second kappa shape index (κ2) is 4.61. The van der Waals surface area contributed by atoms with E-state index in [-0.39, 0.29) is 12.3 Å². The van der Waals surface area contributed by atoms with Crippen molar-refractivity contribution in [1.29, 1.82) is 0 Å². The van der Waals surface area contributed by atoms with Gasteiger partial charge in [0.15, 0.2) is 0 Å². The summed E-state index contributed by atoms with van der Waals surface area (Å²) >= 11 is 0. The number of carboxylic acids is 1. The molecule has 0 aromatic carbocycles. The molecule has 3 nitrogen and oxygen atoms in total. The van der Waals surface area contributed by atoms with Crippen LogP contribution in [0.1, 0.15) is 32.6 Å². The second-order valence-corrected chi connectivity index (χ2v) is 4.08. The molecule has 1 aliphatic carbocycles. The SMILES string of the molecule is CNC(C(C)CC(=O)O)C1CCC1. The fourth-order valence-electron chi connectivity index (χ4n) is 2.19. The number of hydrogen-bond acceptors (Lipinski definition) is 2. The van der Waals surface area contributed by atoms with Crippen molar-refractivity contribution >= 4 is 5.97 Å². The lowest BCUT2D eigenvalue weighted by atomic mass is 9.74. The Bertz CT molecular complexity index is 178. The molecule has 0 aromatic rings. The molecule has 2 atom stereocenters. The highest BCUT2D eigenvalue weighted by atomic mass is 16.4. The summed E-state index contributed by atoms with van der Waals surface area (Å²) in [6.45, 7) is 2.02. The van der Waals surface area contributed by atoms with Gasteiger partial charge in [-0.25, -0.2) is 0 Å². The summed E-state index contributed by atoms with van der Waals surface area (Å²) in [7, 11) is 1.93. The van der Waals surface area contributed by atoms with Gasteiger partial charge >= 0.3 is 5.97 Å². The molecule has 2 unspecified atom stereocenters. The van der Waals surface area contributed by atoms with Crippen LogP contribution in [0.5, 0.6) is 0 Å². The molecule has 1 rings (SSSR count). The predicted octanol–water partition coefficient (Wildman–Crippen LogP) is 1.49. The third kappa shape index (κ3) is 2.69. The summed E-state index contributed by atoms with van der Waals surface area (Å²) in [4.78, 5) is 10.5. The van der Waals surface area contributed by atoms with E-state index in [1.54, 1.807) is 0 Å². The van der Waals surface area contributed by atoms with E-state index in [9.17, 15) is 4.79 Å². The van der Waals surface area contributed by atoms with E-state index >= 15 is 0 Å². The molecule has 0 radical (unpaired) electrons. The van der Waals surface area contributed by atoms with Crippen molar-refractivity contribution in [3.05, 3.63) is 0 Å². The first-order valence-electron chi connectivity index (χ1n) is 5.04. The zero-order valence-corrected chi connectivity index (χ0v) is 8.42. The number of carbonyl (C=O) groups is 1. The zero-order valence-electron chi connectivity index (χ0n) is 8.42. The summed E-state index contributed by atoms with van der Waals surface area (Å²) < 4.78 is 0. The number of rotatable bonds is 5. The van der Waals surface area contributed by atoms with Crippen molar-refractivity contribution in [2.24, 2.45) is 11.8 Å². The molecule has 0 bridgehead atoms. The first-order valence-corrected chi connectivity index (χ1v) is 5.04. The van der Waals surface area contributed by atoms with Gasteiger partial charge < -0.3 is 10.4 Å². The highest BCUT2D eigenvalue weighted by molar-refractivity contribution is 5.67. The van der Waals surface area contributed by atoms with Crippen LogP contribution in [0.3, 0.4) is 0 Å². The maximum Gasteiger partial charge on any atom is 0.303 e. The van der Waals surface area contributed by atoms with Gasteiger partial charge in [0.05, 0.1) is 0 Å². The second-order valence-electron chi connectivity index (χ2n) is 4.08. The summed E-state index contributed by atoms with van der Waals surface area (Å²) in [5, 5.41) is 11.9. The standard InChI is InChI=1S/C10H19NO2/c1-7(6-9(12)13)10(11-2)8-4-3-5-8/h7-8,10-11H,3-6H2,1-2H3,(H,12,13). The quantitative estimate of drug-likeness (QED) is 0.682. The molecule has 1 aliphatic rings. The van der Waals surface area contributed by atoms with Crippen LogP contribution in [0, 0.1) is 11.8 Å². The smallest absolute Gasteiger partial charge is 0.303 e. The van der Waals surface area contributed by atoms with Gasteiger partial charge in [-0.05, 0) is 31.7 Å². The zero-order chi connectivity index (χ0) is 9.84. The topological polar surface area (TPSA) is 49.3 Å². The van der Waals surface area contributed by atoms with E-state index in [0.29, 0.717) is 12.0 Å². The Labute approximate surface area is 79.5 Å². The van der Waals surface area contributed by atoms with Crippen molar-refractivity contribution in [2.75, 3.05) is 7.05 Å². The first-order chi connectivity index (χ1) is 6.15. The molecule has 2 N–H and O–H groups in total. The molecular weight excluding hydrogens is 166 g/mol. The van der Waals surface area contributed by atoms with E-state index in [4.69, 9.17) is 5.11 Å². The van der Waals surface area contributed by atoms with Crippen LogP contribution in [-0.2, 0) is 4.79 Å². The molecule has 1 fully saturated rings. The van der Waals surface area contributed by atoms with E-state index < -0.39 is 5.97 Å². The minimum absolute atomic E-state index is 0.243. The number of aliphatic carboxylic acids is 1. The summed E-state index contributed by atoms with van der Waals surface area (Å²) in [6, 6.07) is 0.393. The fraction of sp³-hybridized carbons (Fsp3) is 0.900. The third-order valence-corrected chi connectivity index (χ3v) is 3.10. The van der Waals surface area contributed by atoms with Gasteiger partial charge in [0, 0.05) is 12.5 Å². The van der Waals surface area contributed by atoms with Gasteiger partial charge in [0.1, 0.15) is 0 Å². The Hall–Kier alpha value is -0.570. The van der Waals surface area contributed by atoms with Crippen LogP contribution in [0.25, 0.3) is 0 Å². The van der Waals surface area contributed by atoms with Crippen LogP contribution in [-0.4, -0.2) is 24.2 Å². The molecule has 3 heteroatoms. The third-order valence-electron chi connectivity index (χ3n) is 3.10. The highest BCUT2D eigenvalue weighted by Crippen LogP contribution is 2.33. The Morgan fingerprint density at radius 1 is 1.62 bits per heavy atom. The van der Waals surface area contributed by atoms with Gasteiger partial charge in [0.25, 0.3) is 0 Å². The lowest BCUT2D eigenvalue weighted by Crippen LogP contribution is -2.42. The Morgan fingerprint density at radius 3 is 2.54 bits per heavy atom. The lowest BCUT2D eigenvalue weighted by Gasteiger charge is -2.36. The minimum atomic E-state index is -0.688. The van der Waals surface area contributed by atoms with Crippen molar-refractivity contribution in [3.63, 3.8) is 0 Å². The van der Waals surface area contributed by atoms with Gasteiger partial charge in [-0.15, -0.1) is 0 Å². The lowest BCUT2D eigenvalue weighted by molar-refractivity contribution is -0.138. The Morgan fingerprint density at radius 2 is 2.23 bits per heavy atom. The molecule has 0 spiro atoms. The van der Waals surface area contributed by atoms with E-state index in [1.807, 2.05) is 14.0 Å². The van der Waals surface area contributed by atoms with Crippen LogP contribution in [0.4, 0.5) is 0 Å². The Kier molecular flexibility index (Phi) is 3.72. The van der Waals surface area contributed by atoms with Gasteiger partial charge in [-0.3, -0.25) is 4.79 Å². The molecule has 1 saturated carbocycles. The largest absolute Gasteiger partial charge is 0.481 e. The Balaban J connectivity index is 2.39. The normalized spacial score (nSPS) is 22.0. The minimum Gasteiger partial charge on any atom is -0.481 e. The molecule has 76 valence electrons. The summed E-state index contributed by atoms with van der Waals surface area (Å²) in [5.41, 5.74) is 0. The van der Waals surface area contributed by atoms with Crippen LogP contribution < -0.4 is 5.32 Å². The van der Waals surface area contributed by atoms with E-state index in [1.165, 1.54) is 19.3 Å². The molecule has 0 heterocycles. The average molecular weight is 185 g/mol. The average Bonchev–Trinajstić information content (AvgIpc) is 1.94. The maximum absolute atomic E-state index is 10.5. The van der Waals surface area contributed by atoms with Crippen LogP contribution in [0.2, 0.25) is 0 Å². The molecule has 0 aromatic heterocycles. The number of hydrogen-bond donors (Lipinski definition) is 2. The molecule has 0 aliphatic heterocycles. The predicted molar refractivity (Wildman–Crippen MR) is 51.6 cm³/mol. The molecular formula is C10H19NO2. The van der Waals surface area contributed by atoms with Crippen molar-refractivity contribution < 1.29 is 9.90 Å². The van der Waals surface area contributed by atoms with E-state index in [0.717, 1.165) is 0 Å². The number of nitrogens with one attached hydrogen (secondary N) is 1. The molecule has 0 amide bonds. The molecule has 13 heavy (non-hydrogen) atoms. The van der Waals surface area contributed by atoms with Crippen LogP contribution >= 0.6 is 0 Å². The highest BCUT2D eigenvalue weighted by Gasteiger charge is 2.30. The maximum atomic E-state index is 10.5. The summed E-state index contributed by atoms with van der Waals surface area (Å²) in [5.74, 6) is 0.263. The van der Waals surface area contributed by atoms with Crippen molar-refractivity contribution in [3.8, 4) is 0 Å².